The van der Waals surface area contributed by atoms with Gasteiger partial charge in [-0.1, -0.05) is 19.3 Å². The van der Waals surface area contributed by atoms with Crippen LogP contribution in [0.3, 0.4) is 0 Å². The predicted octanol–water partition coefficient (Wildman–Crippen LogP) is 1.00. The highest BCUT2D eigenvalue weighted by atomic mass is 16.4. The Morgan fingerprint density at radius 1 is 1.22 bits per heavy atom. The molecule has 5 heteroatoms. The van der Waals surface area contributed by atoms with Crippen molar-refractivity contribution in [3.8, 4) is 0 Å². The molecule has 2 N–H and O–H groups in total. The number of rotatable bonds is 4. The summed E-state index contributed by atoms with van der Waals surface area (Å²) < 4.78 is 0. The first-order valence-corrected chi connectivity index (χ1v) is 6.75. The van der Waals surface area contributed by atoms with Gasteiger partial charge in [-0.3, -0.25) is 4.79 Å². The highest BCUT2D eigenvalue weighted by Crippen LogP contribution is 2.31. The number of likely N-dealkylation sites (tertiary alicyclic amines) is 1. The lowest BCUT2D eigenvalue weighted by atomic mass is 9.82. The van der Waals surface area contributed by atoms with E-state index in [9.17, 15) is 14.7 Å². The van der Waals surface area contributed by atoms with Gasteiger partial charge in [-0.15, -0.1) is 0 Å². The van der Waals surface area contributed by atoms with Crippen molar-refractivity contribution < 1.29 is 19.8 Å². The van der Waals surface area contributed by atoms with Gasteiger partial charge >= 0.3 is 5.97 Å². The Labute approximate surface area is 107 Å². The van der Waals surface area contributed by atoms with Crippen LogP contribution in [-0.4, -0.2) is 45.7 Å². The molecule has 0 unspecified atom stereocenters. The Morgan fingerprint density at radius 2 is 1.83 bits per heavy atom. The van der Waals surface area contributed by atoms with E-state index < -0.39 is 11.6 Å². The summed E-state index contributed by atoms with van der Waals surface area (Å²) in [7, 11) is 0. The van der Waals surface area contributed by atoms with Crippen molar-refractivity contribution in [2.24, 2.45) is 5.92 Å². The molecule has 5 nitrogen and oxygen atoms in total. The molecule has 1 amide bonds. The summed E-state index contributed by atoms with van der Waals surface area (Å²) in [6, 6.07) is 0. The van der Waals surface area contributed by atoms with Gasteiger partial charge in [0.1, 0.15) is 0 Å². The molecule has 0 aromatic heterocycles. The molecule has 1 saturated heterocycles. The maximum Gasteiger partial charge on any atom is 0.335 e. The van der Waals surface area contributed by atoms with E-state index in [0.717, 1.165) is 12.3 Å². The largest absolute Gasteiger partial charge is 0.479 e. The van der Waals surface area contributed by atoms with Gasteiger partial charge in [0.25, 0.3) is 0 Å². The lowest BCUT2D eigenvalue weighted by molar-refractivity contribution is -0.165. The van der Waals surface area contributed by atoms with Gasteiger partial charge < -0.3 is 15.1 Å². The van der Waals surface area contributed by atoms with Crippen LogP contribution in [0.2, 0.25) is 0 Å². The number of hydrogen-bond acceptors (Lipinski definition) is 3. The summed E-state index contributed by atoms with van der Waals surface area (Å²) in [5.74, 6) is -0.354. The molecule has 0 radical (unpaired) electrons. The van der Waals surface area contributed by atoms with Crippen LogP contribution in [0, 0.1) is 5.92 Å². The standard InChI is InChI=1S/C13H21NO4/c15-11(5-4-10-2-1-3-10)14-8-6-13(18,7-9-14)12(16)17/h10,18H,1-9H2,(H,16,17). The molecule has 1 aliphatic heterocycles. The number of carbonyl (C=O) groups excluding carboxylic acids is 1. The normalized spacial score (nSPS) is 23.5. The van der Waals surface area contributed by atoms with Gasteiger partial charge in [-0.2, -0.15) is 0 Å². The summed E-state index contributed by atoms with van der Waals surface area (Å²) in [6.45, 7) is 0.707. The second-order valence-electron chi connectivity index (χ2n) is 5.55. The van der Waals surface area contributed by atoms with Crippen molar-refractivity contribution in [2.45, 2.75) is 50.5 Å². The van der Waals surface area contributed by atoms with E-state index in [4.69, 9.17) is 5.11 Å². The average molecular weight is 255 g/mol. The number of amides is 1. The van der Waals surface area contributed by atoms with Crippen molar-refractivity contribution in [3.63, 3.8) is 0 Å². The van der Waals surface area contributed by atoms with Gasteiger partial charge in [-0.05, 0) is 12.3 Å². The summed E-state index contributed by atoms with van der Waals surface area (Å²) >= 11 is 0. The fraction of sp³-hybridized carbons (Fsp3) is 0.846. The quantitative estimate of drug-likeness (QED) is 0.785. The van der Waals surface area contributed by atoms with E-state index in [2.05, 4.69) is 0 Å². The number of hydrogen-bond donors (Lipinski definition) is 2. The van der Waals surface area contributed by atoms with Crippen LogP contribution >= 0.6 is 0 Å². The summed E-state index contributed by atoms with van der Waals surface area (Å²) in [6.07, 6.45) is 5.57. The molecule has 0 aromatic carbocycles. The maximum absolute atomic E-state index is 11.9. The Hall–Kier alpha value is -1.10. The van der Waals surface area contributed by atoms with Crippen molar-refractivity contribution in [2.75, 3.05) is 13.1 Å². The van der Waals surface area contributed by atoms with Gasteiger partial charge in [-0.25, -0.2) is 4.79 Å². The Morgan fingerprint density at radius 3 is 2.28 bits per heavy atom. The van der Waals surface area contributed by atoms with Gasteiger partial charge in [0.2, 0.25) is 5.91 Å². The molecule has 0 atom stereocenters. The Balaban J connectivity index is 1.74. The first kappa shape index (κ1) is 13.3. The zero-order chi connectivity index (χ0) is 13.2. The fourth-order valence-electron chi connectivity index (χ4n) is 2.61. The van der Waals surface area contributed by atoms with Gasteiger partial charge in [0, 0.05) is 32.4 Å². The number of carboxylic acid groups (broad SMARTS) is 1. The molecule has 2 aliphatic rings. The van der Waals surface area contributed by atoms with Crippen LogP contribution in [0.4, 0.5) is 0 Å². The molecule has 1 saturated carbocycles. The van der Waals surface area contributed by atoms with E-state index in [-0.39, 0.29) is 18.7 Å². The molecule has 0 bridgehead atoms. The number of aliphatic hydroxyl groups is 1. The third-order valence-electron chi connectivity index (χ3n) is 4.33. The van der Waals surface area contributed by atoms with Crippen molar-refractivity contribution in [3.05, 3.63) is 0 Å². The van der Waals surface area contributed by atoms with E-state index >= 15 is 0 Å². The van der Waals surface area contributed by atoms with E-state index in [1.54, 1.807) is 4.90 Å². The van der Waals surface area contributed by atoms with Gasteiger partial charge in [0.05, 0.1) is 0 Å². The first-order chi connectivity index (χ1) is 8.51. The third kappa shape index (κ3) is 2.83. The van der Waals surface area contributed by atoms with Crippen molar-refractivity contribution in [1.29, 1.82) is 0 Å². The van der Waals surface area contributed by atoms with E-state index in [1.807, 2.05) is 0 Å². The molecule has 0 spiro atoms. The number of piperidine rings is 1. The van der Waals surface area contributed by atoms with Gasteiger partial charge in [0.15, 0.2) is 5.60 Å². The summed E-state index contributed by atoms with van der Waals surface area (Å²) in [5.41, 5.74) is -1.63. The van der Waals surface area contributed by atoms with Crippen LogP contribution in [-0.2, 0) is 9.59 Å². The second-order valence-corrected chi connectivity index (χ2v) is 5.55. The number of carbonyl (C=O) groups is 2. The maximum atomic E-state index is 11.9. The number of carboxylic acids is 1. The second kappa shape index (κ2) is 5.26. The highest BCUT2D eigenvalue weighted by molar-refractivity contribution is 5.79. The molecule has 2 fully saturated rings. The zero-order valence-corrected chi connectivity index (χ0v) is 10.6. The topological polar surface area (TPSA) is 77.8 Å². The predicted molar refractivity (Wildman–Crippen MR) is 65.0 cm³/mol. The zero-order valence-electron chi connectivity index (χ0n) is 10.6. The Bertz CT molecular complexity index is 330. The minimum atomic E-state index is -1.63. The highest BCUT2D eigenvalue weighted by Gasteiger charge is 2.40. The van der Waals surface area contributed by atoms with Crippen LogP contribution in [0.15, 0.2) is 0 Å². The lowest BCUT2D eigenvalue weighted by Crippen LogP contribution is -2.50. The molecule has 18 heavy (non-hydrogen) atoms. The monoisotopic (exact) mass is 255 g/mol. The summed E-state index contributed by atoms with van der Waals surface area (Å²) in [4.78, 5) is 24.5. The molecular weight excluding hydrogens is 234 g/mol. The van der Waals surface area contributed by atoms with Crippen LogP contribution in [0.25, 0.3) is 0 Å². The molecule has 1 aliphatic carbocycles. The Kier molecular flexibility index (Phi) is 3.90. The average Bonchev–Trinajstić information content (AvgIpc) is 2.27. The fourth-order valence-corrected chi connectivity index (χ4v) is 2.61. The van der Waals surface area contributed by atoms with Crippen LogP contribution < -0.4 is 0 Å². The molecule has 102 valence electrons. The number of aliphatic carboxylic acids is 1. The van der Waals surface area contributed by atoms with E-state index in [0.29, 0.717) is 19.5 Å². The minimum Gasteiger partial charge on any atom is -0.479 e. The molecule has 2 rings (SSSR count). The van der Waals surface area contributed by atoms with Crippen molar-refractivity contribution >= 4 is 11.9 Å². The van der Waals surface area contributed by atoms with Crippen molar-refractivity contribution in [1.82, 2.24) is 4.90 Å². The first-order valence-electron chi connectivity index (χ1n) is 6.75. The van der Waals surface area contributed by atoms with E-state index in [1.165, 1.54) is 19.3 Å². The minimum absolute atomic E-state index is 0.106. The lowest BCUT2D eigenvalue weighted by Gasteiger charge is -2.35. The van der Waals surface area contributed by atoms with Crippen LogP contribution in [0.5, 0.6) is 0 Å². The smallest absolute Gasteiger partial charge is 0.335 e. The molecular formula is C13H21NO4. The summed E-state index contributed by atoms with van der Waals surface area (Å²) in [5, 5.41) is 18.7. The van der Waals surface area contributed by atoms with Crippen LogP contribution in [0.1, 0.15) is 44.9 Å². The third-order valence-corrected chi connectivity index (χ3v) is 4.33. The molecule has 1 heterocycles. The molecule has 0 aromatic rings. The SMILES string of the molecule is O=C(CCC1CCC1)N1CCC(O)(C(=O)O)CC1. The number of nitrogens with zero attached hydrogens (tertiary/aromatic N) is 1.